The molecular formula is C22H22N2O2. The van der Waals surface area contributed by atoms with E-state index >= 15 is 0 Å². The second-order valence-corrected chi connectivity index (χ2v) is 6.24. The van der Waals surface area contributed by atoms with E-state index in [2.05, 4.69) is 71.0 Å². The number of benzene rings is 3. The molecule has 0 saturated heterocycles. The van der Waals surface area contributed by atoms with Gasteiger partial charge in [0.15, 0.2) is 0 Å². The molecule has 3 aromatic carbocycles. The standard InChI is InChI=1S/C22H22N2O2/c1-25-13-14-26-21-19(7-4-8-20(21)22-23-11-12-24-22)18-10-9-16-5-2-3-6-17(16)15-18/h2-10,15H,11-14H2,1H3,(H,23,24). The van der Waals surface area contributed by atoms with Gasteiger partial charge in [-0.25, -0.2) is 0 Å². The minimum absolute atomic E-state index is 0.501. The van der Waals surface area contributed by atoms with Gasteiger partial charge in [-0.1, -0.05) is 48.5 Å². The van der Waals surface area contributed by atoms with E-state index in [1.54, 1.807) is 7.11 Å². The Labute approximate surface area is 153 Å². The lowest BCUT2D eigenvalue weighted by molar-refractivity contribution is 0.146. The van der Waals surface area contributed by atoms with Crippen molar-refractivity contribution in [2.75, 3.05) is 33.4 Å². The third kappa shape index (κ3) is 3.28. The maximum atomic E-state index is 6.14. The molecule has 0 spiro atoms. The van der Waals surface area contributed by atoms with E-state index in [0.29, 0.717) is 13.2 Å². The molecule has 4 heteroatoms. The number of ether oxygens (including phenoxy) is 2. The van der Waals surface area contributed by atoms with Crippen LogP contribution in [0.25, 0.3) is 21.9 Å². The maximum Gasteiger partial charge on any atom is 0.138 e. The topological polar surface area (TPSA) is 42.9 Å². The van der Waals surface area contributed by atoms with Gasteiger partial charge in [0.05, 0.1) is 18.7 Å². The summed E-state index contributed by atoms with van der Waals surface area (Å²) in [4.78, 5) is 4.57. The van der Waals surface area contributed by atoms with Crippen LogP contribution in [0.5, 0.6) is 5.75 Å². The molecule has 0 atom stereocenters. The average Bonchev–Trinajstić information content (AvgIpc) is 3.22. The summed E-state index contributed by atoms with van der Waals surface area (Å²) in [6.07, 6.45) is 0. The van der Waals surface area contributed by atoms with Crippen LogP contribution < -0.4 is 10.1 Å². The van der Waals surface area contributed by atoms with Gasteiger partial charge in [0.25, 0.3) is 0 Å². The average molecular weight is 346 g/mol. The molecule has 4 nitrogen and oxygen atoms in total. The summed E-state index contributed by atoms with van der Waals surface area (Å²) in [7, 11) is 1.68. The molecule has 0 radical (unpaired) electrons. The minimum atomic E-state index is 0.501. The molecule has 1 aliphatic heterocycles. The first kappa shape index (κ1) is 16.6. The highest BCUT2D eigenvalue weighted by Gasteiger charge is 2.18. The van der Waals surface area contributed by atoms with Gasteiger partial charge >= 0.3 is 0 Å². The number of nitrogens with one attached hydrogen (secondary N) is 1. The first-order valence-electron chi connectivity index (χ1n) is 8.89. The number of hydrogen-bond donors (Lipinski definition) is 1. The van der Waals surface area contributed by atoms with Crippen molar-refractivity contribution >= 4 is 16.6 Å². The fourth-order valence-corrected chi connectivity index (χ4v) is 3.27. The van der Waals surface area contributed by atoms with Crippen molar-refractivity contribution in [1.29, 1.82) is 0 Å². The number of para-hydroxylation sites is 1. The van der Waals surface area contributed by atoms with Crippen LogP contribution >= 0.6 is 0 Å². The number of fused-ring (bicyclic) bond motifs is 1. The van der Waals surface area contributed by atoms with Gasteiger partial charge in [-0.15, -0.1) is 0 Å². The third-order valence-corrected chi connectivity index (χ3v) is 4.54. The van der Waals surface area contributed by atoms with Crippen LogP contribution in [0.4, 0.5) is 0 Å². The predicted octanol–water partition coefficient (Wildman–Crippen LogP) is 3.88. The zero-order valence-electron chi connectivity index (χ0n) is 14.9. The van der Waals surface area contributed by atoms with Gasteiger partial charge in [-0.3, -0.25) is 4.99 Å². The number of amidine groups is 1. The lowest BCUT2D eigenvalue weighted by Gasteiger charge is -2.17. The van der Waals surface area contributed by atoms with Gasteiger partial charge in [0, 0.05) is 19.2 Å². The lowest BCUT2D eigenvalue weighted by Crippen LogP contribution is -2.21. The van der Waals surface area contributed by atoms with E-state index in [-0.39, 0.29) is 0 Å². The van der Waals surface area contributed by atoms with Crippen LogP contribution in [0.3, 0.4) is 0 Å². The van der Waals surface area contributed by atoms with Gasteiger partial charge in [0.2, 0.25) is 0 Å². The third-order valence-electron chi connectivity index (χ3n) is 4.54. The number of rotatable bonds is 6. The van der Waals surface area contributed by atoms with E-state index in [9.17, 15) is 0 Å². The molecule has 1 heterocycles. The second-order valence-electron chi connectivity index (χ2n) is 6.24. The Bertz CT molecular complexity index is 950. The first-order valence-corrected chi connectivity index (χ1v) is 8.89. The SMILES string of the molecule is COCCOc1c(C2=NCCN2)cccc1-c1ccc2ccccc2c1. The van der Waals surface area contributed by atoms with Gasteiger partial charge in [-0.2, -0.15) is 0 Å². The van der Waals surface area contributed by atoms with E-state index in [0.717, 1.165) is 41.4 Å². The molecule has 0 aliphatic carbocycles. The highest BCUT2D eigenvalue weighted by Crippen LogP contribution is 2.35. The minimum Gasteiger partial charge on any atom is -0.490 e. The zero-order chi connectivity index (χ0) is 17.8. The van der Waals surface area contributed by atoms with Crippen LogP contribution in [0.15, 0.2) is 65.7 Å². The van der Waals surface area contributed by atoms with Crippen molar-refractivity contribution in [1.82, 2.24) is 5.32 Å². The van der Waals surface area contributed by atoms with Gasteiger partial charge < -0.3 is 14.8 Å². The Morgan fingerprint density at radius 3 is 2.58 bits per heavy atom. The normalized spacial score (nSPS) is 13.5. The number of aliphatic imine (C=N–C) groups is 1. The van der Waals surface area contributed by atoms with Crippen molar-refractivity contribution in [3.05, 3.63) is 66.2 Å². The molecule has 0 bridgehead atoms. The molecule has 0 fully saturated rings. The van der Waals surface area contributed by atoms with E-state index in [1.807, 2.05) is 0 Å². The quantitative estimate of drug-likeness (QED) is 0.689. The fraction of sp³-hybridized carbons (Fsp3) is 0.227. The van der Waals surface area contributed by atoms with Crippen LogP contribution in [-0.2, 0) is 4.74 Å². The maximum absolute atomic E-state index is 6.14. The van der Waals surface area contributed by atoms with Crippen LogP contribution in [0.1, 0.15) is 5.56 Å². The summed E-state index contributed by atoms with van der Waals surface area (Å²) >= 11 is 0. The molecule has 0 saturated carbocycles. The van der Waals surface area contributed by atoms with Crippen molar-refractivity contribution in [2.24, 2.45) is 4.99 Å². The predicted molar refractivity (Wildman–Crippen MR) is 106 cm³/mol. The largest absolute Gasteiger partial charge is 0.490 e. The molecule has 0 aromatic heterocycles. The smallest absolute Gasteiger partial charge is 0.138 e. The molecule has 0 amide bonds. The Balaban J connectivity index is 1.81. The fourth-order valence-electron chi connectivity index (χ4n) is 3.27. The summed E-state index contributed by atoms with van der Waals surface area (Å²) in [6.45, 7) is 2.72. The molecule has 0 unspecified atom stereocenters. The number of nitrogens with zero attached hydrogens (tertiary/aromatic N) is 1. The van der Waals surface area contributed by atoms with Crippen LogP contribution in [0.2, 0.25) is 0 Å². The number of methoxy groups -OCH3 is 1. The van der Waals surface area contributed by atoms with Crippen molar-refractivity contribution in [2.45, 2.75) is 0 Å². The van der Waals surface area contributed by atoms with Crippen molar-refractivity contribution in [3.63, 3.8) is 0 Å². The van der Waals surface area contributed by atoms with Crippen LogP contribution in [-0.4, -0.2) is 39.2 Å². The van der Waals surface area contributed by atoms with Gasteiger partial charge in [0.1, 0.15) is 18.2 Å². The molecule has 4 rings (SSSR count). The summed E-state index contributed by atoms with van der Waals surface area (Å²) in [5.74, 6) is 1.76. The Morgan fingerprint density at radius 2 is 1.77 bits per heavy atom. The van der Waals surface area contributed by atoms with Crippen LogP contribution in [0, 0.1) is 0 Å². The van der Waals surface area contributed by atoms with Crippen molar-refractivity contribution in [3.8, 4) is 16.9 Å². The highest BCUT2D eigenvalue weighted by molar-refractivity contribution is 6.04. The highest BCUT2D eigenvalue weighted by atomic mass is 16.5. The van der Waals surface area contributed by atoms with Crippen molar-refractivity contribution < 1.29 is 9.47 Å². The Kier molecular flexibility index (Phi) is 4.84. The Morgan fingerprint density at radius 1 is 0.923 bits per heavy atom. The zero-order valence-corrected chi connectivity index (χ0v) is 14.9. The summed E-state index contributed by atoms with van der Waals surface area (Å²) in [5.41, 5.74) is 3.21. The molecular weight excluding hydrogens is 324 g/mol. The van der Waals surface area contributed by atoms with Gasteiger partial charge in [-0.05, 0) is 28.5 Å². The second kappa shape index (κ2) is 7.58. The van der Waals surface area contributed by atoms with E-state index in [1.165, 1.54) is 10.8 Å². The summed E-state index contributed by atoms with van der Waals surface area (Å²) < 4.78 is 11.3. The number of hydrogen-bond acceptors (Lipinski definition) is 4. The monoisotopic (exact) mass is 346 g/mol. The molecule has 3 aromatic rings. The first-order chi connectivity index (χ1) is 12.9. The molecule has 26 heavy (non-hydrogen) atoms. The van der Waals surface area contributed by atoms with E-state index in [4.69, 9.17) is 9.47 Å². The lowest BCUT2D eigenvalue weighted by atomic mass is 9.98. The molecule has 1 aliphatic rings. The molecule has 1 N–H and O–H groups in total. The summed E-state index contributed by atoms with van der Waals surface area (Å²) in [5, 5.41) is 5.80. The summed E-state index contributed by atoms with van der Waals surface area (Å²) in [6, 6.07) is 21.1. The van der Waals surface area contributed by atoms with E-state index < -0.39 is 0 Å². The molecule has 132 valence electrons. The Hall–Kier alpha value is -2.85.